The van der Waals surface area contributed by atoms with E-state index in [1.807, 2.05) is 27.0 Å². The molecule has 8 nitrogen and oxygen atoms in total. The van der Waals surface area contributed by atoms with Crippen LogP contribution in [0.15, 0.2) is 24.7 Å². The predicted molar refractivity (Wildman–Crippen MR) is 129 cm³/mol. The first-order valence-electron chi connectivity index (χ1n) is 11.6. The number of nitrogens with zero attached hydrogens (tertiary/aromatic N) is 4. The van der Waals surface area contributed by atoms with Crippen molar-refractivity contribution < 1.29 is 22.7 Å². The number of carbonyl (C=O) groups excluding carboxylic acids is 1. The maximum Gasteiger partial charge on any atom is 0.490 e. The first-order valence-corrected chi connectivity index (χ1v) is 12.0. The van der Waals surface area contributed by atoms with E-state index in [4.69, 9.17) is 22.4 Å². The summed E-state index contributed by atoms with van der Waals surface area (Å²) in [6.07, 6.45) is -1.33. The molecule has 0 aliphatic carbocycles. The van der Waals surface area contributed by atoms with Crippen molar-refractivity contribution in [2.24, 2.45) is 12.8 Å². The Balaban J connectivity index is 1.67. The summed E-state index contributed by atoms with van der Waals surface area (Å²) in [5, 5.41) is 5.48. The standard InChI is InChI=1S/C24H28ClF3N6O2/c1-13-9-14(2)20(17(25)10-13)34-8-4-5-16-21(33(3)32-22(16)34)15(18-11-30-12-31-18)6-7-19(29)36-23(35)24(26,27)28/h9-12,15,19H,4-8,29H2,1-3H3,(H,30,31). The van der Waals surface area contributed by atoms with Crippen molar-refractivity contribution in [2.45, 2.75) is 57.9 Å². The van der Waals surface area contributed by atoms with Gasteiger partial charge in [-0.25, -0.2) is 9.78 Å². The molecule has 1 aliphatic heterocycles. The SMILES string of the molecule is Cc1cc(C)c(N2CCCc3c2nn(C)c3C(CCC(N)OC(=O)C(F)(F)F)c2cnc[nH]2)c(Cl)c1. The van der Waals surface area contributed by atoms with Crippen LogP contribution in [0.25, 0.3) is 0 Å². The molecule has 2 unspecified atom stereocenters. The molecule has 194 valence electrons. The van der Waals surface area contributed by atoms with E-state index in [2.05, 4.69) is 25.7 Å². The van der Waals surface area contributed by atoms with Gasteiger partial charge in [0, 0.05) is 37.0 Å². The zero-order valence-electron chi connectivity index (χ0n) is 20.2. The monoisotopic (exact) mass is 524 g/mol. The summed E-state index contributed by atoms with van der Waals surface area (Å²) in [6, 6.07) is 4.01. The Bertz CT molecular complexity index is 1220. The molecule has 0 spiro atoms. The highest BCUT2D eigenvalue weighted by molar-refractivity contribution is 6.33. The Kier molecular flexibility index (Phi) is 7.33. The third-order valence-electron chi connectivity index (χ3n) is 6.36. The van der Waals surface area contributed by atoms with E-state index in [0.29, 0.717) is 11.4 Å². The van der Waals surface area contributed by atoms with Gasteiger partial charge in [-0.3, -0.25) is 10.4 Å². The van der Waals surface area contributed by atoms with E-state index in [-0.39, 0.29) is 12.3 Å². The molecular weight excluding hydrogens is 497 g/mol. The quantitative estimate of drug-likeness (QED) is 0.340. The highest BCUT2D eigenvalue weighted by Crippen LogP contribution is 2.43. The summed E-state index contributed by atoms with van der Waals surface area (Å²) in [6.45, 7) is 4.76. The number of fused-ring (bicyclic) bond motifs is 1. The molecule has 1 aromatic carbocycles. The highest BCUT2D eigenvalue weighted by Gasteiger charge is 2.42. The molecule has 2 aromatic heterocycles. The zero-order chi connectivity index (χ0) is 26.2. The Hall–Kier alpha value is -3.05. The number of nitrogens with one attached hydrogen (secondary N) is 1. The van der Waals surface area contributed by atoms with E-state index in [0.717, 1.165) is 59.0 Å². The number of halogens is 4. The van der Waals surface area contributed by atoms with Gasteiger partial charge in [0.1, 0.15) is 0 Å². The number of esters is 1. The second kappa shape index (κ2) is 10.1. The molecule has 12 heteroatoms. The summed E-state index contributed by atoms with van der Waals surface area (Å²) in [5.74, 6) is -1.81. The predicted octanol–water partition coefficient (Wildman–Crippen LogP) is 4.80. The van der Waals surface area contributed by atoms with Crippen LogP contribution in [0, 0.1) is 13.8 Å². The summed E-state index contributed by atoms with van der Waals surface area (Å²) in [5.41, 5.74) is 11.4. The first kappa shape index (κ1) is 26.0. The number of aromatic amines is 1. The number of nitrogens with two attached hydrogens (primary N) is 1. The minimum absolute atomic E-state index is 0.0120. The molecular formula is C24H28ClF3N6O2. The van der Waals surface area contributed by atoms with Gasteiger partial charge in [-0.2, -0.15) is 18.3 Å². The number of rotatable bonds is 7. The third kappa shape index (κ3) is 5.22. The second-order valence-electron chi connectivity index (χ2n) is 9.06. The van der Waals surface area contributed by atoms with Crippen molar-refractivity contribution in [3.05, 3.63) is 57.8 Å². The van der Waals surface area contributed by atoms with E-state index in [9.17, 15) is 18.0 Å². The second-order valence-corrected chi connectivity index (χ2v) is 9.46. The molecule has 3 heterocycles. The van der Waals surface area contributed by atoms with Crippen molar-refractivity contribution >= 4 is 29.1 Å². The van der Waals surface area contributed by atoms with Gasteiger partial charge < -0.3 is 14.6 Å². The van der Waals surface area contributed by atoms with Crippen LogP contribution in [-0.2, 0) is 23.0 Å². The van der Waals surface area contributed by atoms with Crippen LogP contribution < -0.4 is 10.6 Å². The van der Waals surface area contributed by atoms with Crippen molar-refractivity contribution in [1.82, 2.24) is 19.7 Å². The average molecular weight is 525 g/mol. The van der Waals surface area contributed by atoms with E-state index in [1.54, 1.807) is 10.9 Å². The number of imidazole rings is 1. The van der Waals surface area contributed by atoms with Gasteiger partial charge in [-0.05, 0) is 56.7 Å². The molecule has 0 saturated carbocycles. The number of aromatic nitrogens is 4. The van der Waals surface area contributed by atoms with E-state index in [1.165, 1.54) is 6.33 Å². The number of hydrogen-bond donors (Lipinski definition) is 2. The number of ether oxygens (including phenoxy) is 1. The smallest absolute Gasteiger partial charge is 0.440 e. The van der Waals surface area contributed by atoms with Crippen LogP contribution in [0.3, 0.4) is 0 Å². The number of alkyl halides is 3. The molecule has 3 aromatic rings. The number of aryl methyl sites for hydroxylation is 3. The fraction of sp³-hybridized carbons (Fsp3) is 0.458. The van der Waals surface area contributed by atoms with Crippen LogP contribution in [0.1, 0.15) is 53.3 Å². The lowest BCUT2D eigenvalue weighted by atomic mass is 9.90. The van der Waals surface area contributed by atoms with Gasteiger partial charge in [-0.15, -0.1) is 0 Å². The van der Waals surface area contributed by atoms with Crippen LogP contribution in [0.2, 0.25) is 5.02 Å². The topological polar surface area (TPSA) is 102 Å². The lowest BCUT2D eigenvalue weighted by molar-refractivity contribution is -0.204. The average Bonchev–Trinajstić information content (AvgIpc) is 3.41. The molecule has 36 heavy (non-hydrogen) atoms. The minimum Gasteiger partial charge on any atom is -0.440 e. The Labute approximate surface area is 211 Å². The number of H-pyrrole nitrogens is 1. The molecule has 0 saturated heterocycles. The van der Waals surface area contributed by atoms with Gasteiger partial charge >= 0.3 is 12.1 Å². The van der Waals surface area contributed by atoms with Crippen molar-refractivity contribution in [2.75, 3.05) is 11.4 Å². The molecule has 3 N–H and O–H groups in total. The molecule has 2 atom stereocenters. The van der Waals surface area contributed by atoms with Crippen LogP contribution in [-0.4, -0.2) is 44.7 Å². The minimum atomic E-state index is -5.10. The van der Waals surface area contributed by atoms with Gasteiger partial charge in [0.25, 0.3) is 0 Å². The molecule has 0 bridgehead atoms. The zero-order valence-corrected chi connectivity index (χ0v) is 21.0. The third-order valence-corrected chi connectivity index (χ3v) is 6.65. The lowest BCUT2D eigenvalue weighted by Crippen LogP contribution is -2.35. The maximum atomic E-state index is 12.6. The fourth-order valence-corrected chi connectivity index (χ4v) is 5.36. The Morgan fingerprint density at radius 1 is 1.31 bits per heavy atom. The molecule has 0 radical (unpaired) electrons. The summed E-state index contributed by atoms with van der Waals surface area (Å²) in [7, 11) is 1.84. The number of hydrogen-bond acceptors (Lipinski definition) is 6. The Morgan fingerprint density at radius 3 is 2.69 bits per heavy atom. The highest BCUT2D eigenvalue weighted by atomic mass is 35.5. The summed E-state index contributed by atoms with van der Waals surface area (Å²) >= 11 is 6.66. The fourth-order valence-electron chi connectivity index (χ4n) is 4.94. The van der Waals surface area contributed by atoms with E-state index >= 15 is 0 Å². The number of carbonyl (C=O) groups is 1. The van der Waals surface area contributed by atoms with Crippen LogP contribution in [0.5, 0.6) is 0 Å². The molecule has 4 rings (SSSR count). The van der Waals surface area contributed by atoms with Gasteiger partial charge in [0.05, 0.1) is 22.7 Å². The van der Waals surface area contributed by atoms with Gasteiger partial charge in [0.2, 0.25) is 0 Å². The number of benzene rings is 1. The van der Waals surface area contributed by atoms with Crippen molar-refractivity contribution in [1.29, 1.82) is 0 Å². The van der Waals surface area contributed by atoms with Gasteiger partial charge in [0.15, 0.2) is 12.0 Å². The first-order chi connectivity index (χ1) is 17.0. The summed E-state index contributed by atoms with van der Waals surface area (Å²) < 4.78 is 43.9. The lowest BCUT2D eigenvalue weighted by Gasteiger charge is -2.30. The van der Waals surface area contributed by atoms with Gasteiger partial charge in [-0.1, -0.05) is 17.7 Å². The van der Waals surface area contributed by atoms with Crippen LogP contribution >= 0.6 is 11.6 Å². The summed E-state index contributed by atoms with van der Waals surface area (Å²) in [4.78, 5) is 20.5. The Morgan fingerprint density at radius 2 is 2.06 bits per heavy atom. The van der Waals surface area contributed by atoms with Crippen LogP contribution in [0.4, 0.5) is 24.7 Å². The normalized spacial score (nSPS) is 15.5. The largest absolute Gasteiger partial charge is 0.490 e. The van der Waals surface area contributed by atoms with E-state index < -0.39 is 18.4 Å². The van der Waals surface area contributed by atoms with Crippen molar-refractivity contribution in [3.63, 3.8) is 0 Å². The van der Waals surface area contributed by atoms with Crippen molar-refractivity contribution in [3.8, 4) is 0 Å². The molecule has 1 aliphatic rings. The maximum absolute atomic E-state index is 12.6. The number of anilines is 2. The molecule has 0 fully saturated rings. The molecule has 0 amide bonds.